The van der Waals surface area contributed by atoms with Crippen LogP contribution in [-0.4, -0.2) is 31.2 Å². The summed E-state index contributed by atoms with van der Waals surface area (Å²) < 4.78 is 5.31. The van der Waals surface area contributed by atoms with E-state index in [2.05, 4.69) is 10.2 Å². The third kappa shape index (κ3) is 3.71. The number of anilines is 1. The molecule has 0 bridgehead atoms. The first-order valence-corrected chi connectivity index (χ1v) is 8.64. The first kappa shape index (κ1) is 14.3. The molecule has 3 rings (SSSR count). The number of thiazole rings is 1. The second kappa shape index (κ2) is 6.87. The van der Waals surface area contributed by atoms with Crippen LogP contribution in [-0.2, 0) is 17.9 Å². The molecule has 1 saturated heterocycles. The van der Waals surface area contributed by atoms with E-state index in [1.54, 1.807) is 7.11 Å². The summed E-state index contributed by atoms with van der Waals surface area (Å²) in [6.45, 7) is 3.91. The Morgan fingerprint density at radius 1 is 1.25 bits per heavy atom. The fourth-order valence-electron chi connectivity index (χ4n) is 2.68. The number of hydrogen-bond donors (Lipinski definition) is 1. The second-order valence-electron chi connectivity index (χ2n) is 5.86. The van der Waals surface area contributed by atoms with Crippen molar-refractivity contribution in [1.82, 2.24) is 10.3 Å². The lowest BCUT2D eigenvalue weighted by molar-refractivity contribution is 0.181. The number of nitrogens with zero attached hydrogens (tertiary/aromatic N) is 2. The Balaban J connectivity index is 1.70. The van der Waals surface area contributed by atoms with Crippen molar-refractivity contribution >= 4 is 16.5 Å². The van der Waals surface area contributed by atoms with Crippen molar-refractivity contribution in [2.75, 3.05) is 25.1 Å². The molecule has 1 aliphatic heterocycles. The summed E-state index contributed by atoms with van der Waals surface area (Å²) in [6.07, 6.45) is 7.99. The first-order chi connectivity index (χ1) is 9.86. The van der Waals surface area contributed by atoms with Crippen LogP contribution in [0, 0.1) is 0 Å². The van der Waals surface area contributed by atoms with Crippen LogP contribution in [0.4, 0.5) is 5.13 Å². The Labute approximate surface area is 125 Å². The topological polar surface area (TPSA) is 37.4 Å². The van der Waals surface area contributed by atoms with Gasteiger partial charge >= 0.3 is 0 Å². The van der Waals surface area contributed by atoms with Crippen LogP contribution in [0.2, 0.25) is 0 Å². The van der Waals surface area contributed by atoms with Gasteiger partial charge in [0, 0.05) is 37.7 Å². The Morgan fingerprint density at radius 2 is 2.00 bits per heavy atom. The average Bonchev–Trinajstić information content (AvgIpc) is 3.24. The molecule has 1 N–H and O–H groups in total. The van der Waals surface area contributed by atoms with Crippen molar-refractivity contribution in [3.8, 4) is 0 Å². The molecule has 1 aromatic rings. The molecule has 0 atom stereocenters. The molecule has 0 spiro atoms. The van der Waals surface area contributed by atoms with Crippen LogP contribution in [0.25, 0.3) is 0 Å². The number of methoxy groups -OCH3 is 1. The van der Waals surface area contributed by atoms with Crippen molar-refractivity contribution in [2.45, 2.75) is 57.7 Å². The number of hydrogen-bond acceptors (Lipinski definition) is 5. The van der Waals surface area contributed by atoms with Crippen LogP contribution >= 0.6 is 11.3 Å². The minimum Gasteiger partial charge on any atom is -0.378 e. The largest absolute Gasteiger partial charge is 0.378 e. The van der Waals surface area contributed by atoms with Gasteiger partial charge in [-0.2, -0.15) is 0 Å². The highest BCUT2D eigenvalue weighted by Crippen LogP contribution is 2.29. The fourth-order valence-corrected chi connectivity index (χ4v) is 3.74. The molecule has 0 amide bonds. The van der Waals surface area contributed by atoms with Gasteiger partial charge in [0.2, 0.25) is 0 Å². The van der Waals surface area contributed by atoms with E-state index in [9.17, 15) is 0 Å². The van der Waals surface area contributed by atoms with Crippen molar-refractivity contribution < 1.29 is 4.74 Å². The monoisotopic (exact) mass is 295 g/mol. The quantitative estimate of drug-likeness (QED) is 0.875. The SMILES string of the molecule is COCc1nc(N2CCCCCC2)sc1CNC1CC1. The van der Waals surface area contributed by atoms with E-state index >= 15 is 0 Å². The molecule has 5 heteroatoms. The van der Waals surface area contributed by atoms with Crippen LogP contribution in [0.3, 0.4) is 0 Å². The number of nitrogens with one attached hydrogen (secondary N) is 1. The maximum absolute atomic E-state index is 5.31. The zero-order valence-electron chi connectivity index (χ0n) is 12.4. The van der Waals surface area contributed by atoms with Crippen molar-refractivity contribution in [3.63, 3.8) is 0 Å². The van der Waals surface area contributed by atoms with Crippen molar-refractivity contribution in [1.29, 1.82) is 0 Å². The van der Waals surface area contributed by atoms with E-state index in [0.29, 0.717) is 6.61 Å². The molecule has 0 unspecified atom stereocenters. The highest BCUT2D eigenvalue weighted by atomic mass is 32.1. The lowest BCUT2D eigenvalue weighted by Gasteiger charge is -2.18. The molecular weight excluding hydrogens is 270 g/mol. The summed E-state index contributed by atoms with van der Waals surface area (Å²) in [6, 6.07) is 0.745. The molecule has 4 nitrogen and oxygen atoms in total. The molecule has 1 aromatic heterocycles. The molecule has 0 radical (unpaired) electrons. The average molecular weight is 295 g/mol. The molecule has 2 aliphatic rings. The van der Waals surface area contributed by atoms with E-state index in [4.69, 9.17) is 9.72 Å². The van der Waals surface area contributed by atoms with E-state index in [0.717, 1.165) is 31.4 Å². The standard InChI is InChI=1S/C15H25N3OS/c1-19-11-13-14(10-16-12-6-7-12)20-15(17-13)18-8-4-2-3-5-9-18/h12,16H,2-11H2,1H3. The highest BCUT2D eigenvalue weighted by molar-refractivity contribution is 7.15. The minimum atomic E-state index is 0.631. The van der Waals surface area contributed by atoms with Gasteiger partial charge < -0.3 is 15.0 Å². The van der Waals surface area contributed by atoms with Gasteiger partial charge in [0.15, 0.2) is 5.13 Å². The summed E-state index contributed by atoms with van der Waals surface area (Å²) in [7, 11) is 1.75. The van der Waals surface area contributed by atoms with Crippen molar-refractivity contribution in [2.24, 2.45) is 0 Å². The molecule has 20 heavy (non-hydrogen) atoms. The third-order valence-electron chi connectivity index (χ3n) is 4.05. The fraction of sp³-hybridized carbons (Fsp3) is 0.800. The van der Waals surface area contributed by atoms with E-state index in [1.165, 1.54) is 48.5 Å². The Morgan fingerprint density at radius 3 is 2.65 bits per heavy atom. The normalized spacial score (nSPS) is 20.1. The Kier molecular flexibility index (Phi) is 4.91. The second-order valence-corrected chi connectivity index (χ2v) is 6.92. The highest BCUT2D eigenvalue weighted by Gasteiger charge is 2.22. The van der Waals surface area contributed by atoms with Gasteiger partial charge in [-0.25, -0.2) is 4.98 Å². The van der Waals surface area contributed by atoms with E-state index in [-0.39, 0.29) is 0 Å². The zero-order valence-corrected chi connectivity index (χ0v) is 13.2. The first-order valence-electron chi connectivity index (χ1n) is 7.82. The maximum atomic E-state index is 5.31. The minimum absolute atomic E-state index is 0.631. The van der Waals surface area contributed by atoms with Gasteiger partial charge in [0.05, 0.1) is 12.3 Å². The van der Waals surface area contributed by atoms with Gasteiger partial charge in [-0.05, 0) is 25.7 Å². The zero-order chi connectivity index (χ0) is 13.8. The van der Waals surface area contributed by atoms with Gasteiger partial charge in [0.25, 0.3) is 0 Å². The molecule has 2 fully saturated rings. The Bertz CT molecular complexity index is 423. The van der Waals surface area contributed by atoms with Crippen LogP contribution in [0.1, 0.15) is 49.1 Å². The molecule has 1 aliphatic carbocycles. The van der Waals surface area contributed by atoms with Crippen molar-refractivity contribution in [3.05, 3.63) is 10.6 Å². The van der Waals surface area contributed by atoms with Gasteiger partial charge in [-0.1, -0.05) is 12.8 Å². The maximum Gasteiger partial charge on any atom is 0.185 e. The third-order valence-corrected chi connectivity index (χ3v) is 5.21. The molecular formula is C15H25N3OS. The number of aromatic nitrogens is 1. The molecule has 2 heterocycles. The molecule has 1 saturated carbocycles. The number of rotatable bonds is 6. The van der Waals surface area contributed by atoms with Gasteiger partial charge in [-0.3, -0.25) is 0 Å². The summed E-state index contributed by atoms with van der Waals surface area (Å²) in [5, 5.41) is 4.80. The number of ether oxygens (including phenoxy) is 1. The van der Waals surface area contributed by atoms with E-state index < -0.39 is 0 Å². The Hall–Kier alpha value is -0.650. The van der Waals surface area contributed by atoms with Gasteiger partial charge in [-0.15, -0.1) is 11.3 Å². The lowest BCUT2D eigenvalue weighted by Crippen LogP contribution is -2.23. The van der Waals surface area contributed by atoms with Crippen LogP contribution < -0.4 is 10.2 Å². The molecule has 112 valence electrons. The van der Waals surface area contributed by atoms with Crippen LogP contribution in [0.15, 0.2) is 0 Å². The smallest absolute Gasteiger partial charge is 0.185 e. The summed E-state index contributed by atoms with van der Waals surface area (Å²) in [5.74, 6) is 0. The van der Waals surface area contributed by atoms with E-state index in [1.807, 2.05) is 11.3 Å². The summed E-state index contributed by atoms with van der Waals surface area (Å²) in [4.78, 5) is 8.67. The van der Waals surface area contributed by atoms with Crippen LogP contribution in [0.5, 0.6) is 0 Å². The lowest BCUT2D eigenvalue weighted by atomic mass is 10.2. The summed E-state index contributed by atoms with van der Waals surface area (Å²) >= 11 is 1.86. The predicted molar refractivity (Wildman–Crippen MR) is 83.4 cm³/mol. The summed E-state index contributed by atoms with van der Waals surface area (Å²) in [5.41, 5.74) is 1.13. The molecule has 0 aromatic carbocycles. The predicted octanol–water partition coefficient (Wildman–Crippen LogP) is 2.92. The van der Waals surface area contributed by atoms with Gasteiger partial charge in [0.1, 0.15) is 0 Å².